The van der Waals surface area contributed by atoms with Crippen molar-refractivity contribution in [2.24, 2.45) is 0 Å². The van der Waals surface area contributed by atoms with Crippen molar-refractivity contribution in [3.63, 3.8) is 0 Å². The smallest absolute Gasteiger partial charge is 0.136 e. The maximum atomic E-state index is 6.93. The van der Waals surface area contributed by atoms with Crippen molar-refractivity contribution in [1.29, 1.82) is 0 Å². The van der Waals surface area contributed by atoms with E-state index in [0.717, 1.165) is 61.3 Å². The average Bonchev–Trinajstić information content (AvgIpc) is 3.89. The molecule has 11 aromatic rings. The first kappa shape index (κ1) is 36.6. The Kier molecular flexibility index (Phi) is 8.76. The molecule has 0 unspecified atom stereocenters. The highest BCUT2D eigenvalue weighted by atomic mass is 16.3. The Balaban J connectivity index is 1.02. The first-order valence-corrected chi connectivity index (χ1v) is 21.7. The highest BCUT2D eigenvalue weighted by Crippen LogP contribution is 2.56. The maximum Gasteiger partial charge on any atom is 0.136 e. The van der Waals surface area contributed by atoms with Gasteiger partial charge in [-0.25, -0.2) is 0 Å². The van der Waals surface area contributed by atoms with Crippen molar-refractivity contribution < 1.29 is 4.42 Å². The standard InChI is InChI=1S/C61H41NO/c1-4-19-42(20-5-1)43-35-38-47(39-36-43)62(46-23-8-3-9-24-46)57-33-17-14-29-52(57)48-25-10-11-26-49(48)53-30-18-34-58-60(53)54-40-37-45(41-59(54)63-58)61(44-21-6-2-7-22-44)55-31-15-12-27-50(55)51-28-13-16-32-56(51)61/h1-41H. The quantitative estimate of drug-likeness (QED) is 0.152. The van der Waals surface area contributed by atoms with Gasteiger partial charge >= 0.3 is 0 Å². The molecule has 0 saturated carbocycles. The Morgan fingerprint density at radius 2 is 0.825 bits per heavy atom. The van der Waals surface area contributed by atoms with Gasteiger partial charge in [-0.05, 0) is 104 Å². The van der Waals surface area contributed by atoms with Crippen LogP contribution in [0.15, 0.2) is 253 Å². The number of rotatable bonds is 8. The number of anilines is 3. The molecule has 0 aliphatic heterocycles. The minimum absolute atomic E-state index is 0.507. The molecule has 0 radical (unpaired) electrons. The molecule has 12 rings (SSSR count). The zero-order valence-electron chi connectivity index (χ0n) is 34.5. The predicted molar refractivity (Wildman–Crippen MR) is 262 cm³/mol. The third-order valence-corrected chi connectivity index (χ3v) is 13.0. The fourth-order valence-corrected chi connectivity index (χ4v) is 10.3. The molecule has 0 amide bonds. The Morgan fingerprint density at radius 1 is 0.317 bits per heavy atom. The molecule has 2 heteroatoms. The number of para-hydroxylation sites is 2. The summed E-state index contributed by atoms with van der Waals surface area (Å²) in [5.74, 6) is 0. The minimum Gasteiger partial charge on any atom is -0.456 e. The van der Waals surface area contributed by atoms with Crippen LogP contribution in [0.1, 0.15) is 22.3 Å². The van der Waals surface area contributed by atoms with Crippen LogP contribution in [0.25, 0.3) is 66.4 Å². The van der Waals surface area contributed by atoms with Crippen LogP contribution in [0.2, 0.25) is 0 Å². The SMILES string of the molecule is c1ccc(-c2ccc(N(c3ccccc3)c3ccccc3-c3ccccc3-c3cccc4oc5cc(C6(c7ccccc7)c7ccccc7-c7ccccc76)ccc5c34)cc2)cc1. The molecule has 1 heterocycles. The first-order chi connectivity index (χ1) is 31.3. The van der Waals surface area contributed by atoms with E-state index in [1.54, 1.807) is 0 Å². The Morgan fingerprint density at radius 3 is 1.51 bits per heavy atom. The number of furan rings is 1. The molecular weight excluding hydrogens is 763 g/mol. The van der Waals surface area contributed by atoms with Crippen LogP contribution in [-0.4, -0.2) is 0 Å². The first-order valence-electron chi connectivity index (χ1n) is 21.7. The summed E-state index contributed by atoms with van der Waals surface area (Å²) in [6, 6.07) is 89.9. The molecule has 10 aromatic carbocycles. The van der Waals surface area contributed by atoms with Crippen molar-refractivity contribution in [2.75, 3.05) is 4.90 Å². The fourth-order valence-electron chi connectivity index (χ4n) is 10.3. The van der Waals surface area contributed by atoms with E-state index in [-0.39, 0.29) is 0 Å². The summed E-state index contributed by atoms with van der Waals surface area (Å²) in [6.45, 7) is 0. The van der Waals surface area contributed by atoms with Gasteiger partial charge in [0.25, 0.3) is 0 Å². The summed E-state index contributed by atoms with van der Waals surface area (Å²) >= 11 is 0. The van der Waals surface area contributed by atoms with E-state index in [0.29, 0.717) is 0 Å². The van der Waals surface area contributed by atoms with Gasteiger partial charge in [-0.15, -0.1) is 0 Å². The zero-order chi connectivity index (χ0) is 41.7. The van der Waals surface area contributed by atoms with Crippen LogP contribution in [-0.2, 0) is 5.41 Å². The lowest BCUT2D eigenvalue weighted by Crippen LogP contribution is -2.28. The van der Waals surface area contributed by atoms with Crippen LogP contribution in [0.5, 0.6) is 0 Å². The second kappa shape index (κ2) is 15.1. The molecule has 296 valence electrons. The zero-order valence-corrected chi connectivity index (χ0v) is 34.5. The third kappa shape index (κ3) is 5.87. The number of nitrogens with zero attached hydrogens (tertiary/aromatic N) is 1. The van der Waals surface area contributed by atoms with Gasteiger partial charge in [0.05, 0.1) is 11.1 Å². The lowest BCUT2D eigenvalue weighted by atomic mass is 9.67. The number of benzene rings is 10. The summed E-state index contributed by atoms with van der Waals surface area (Å²) < 4.78 is 6.93. The lowest BCUT2D eigenvalue weighted by molar-refractivity contribution is 0.665. The summed E-state index contributed by atoms with van der Waals surface area (Å²) in [7, 11) is 0. The molecule has 0 spiro atoms. The van der Waals surface area contributed by atoms with Crippen molar-refractivity contribution in [3.05, 3.63) is 271 Å². The summed E-state index contributed by atoms with van der Waals surface area (Å²) in [6.07, 6.45) is 0. The Labute approximate surface area is 367 Å². The molecular formula is C61H41NO. The van der Waals surface area contributed by atoms with Crippen molar-refractivity contribution >= 4 is 39.0 Å². The molecule has 1 aromatic heterocycles. The molecule has 0 bridgehead atoms. The van der Waals surface area contributed by atoms with Crippen LogP contribution < -0.4 is 4.90 Å². The number of hydrogen-bond acceptors (Lipinski definition) is 2. The second-order valence-electron chi connectivity index (χ2n) is 16.3. The van der Waals surface area contributed by atoms with Gasteiger partial charge in [-0.1, -0.05) is 206 Å². The molecule has 0 atom stereocenters. The highest BCUT2D eigenvalue weighted by Gasteiger charge is 2.46. The van der Waals surface area contributed by atoms with Crippen LogP contribution in [0, 0.1) is 0 Å². The van der Waals surface area contributed by atoms with Gasteiger partial charge in [0.2, 0.25) is 0 Å². The molecule has 1 aliphatic rings. The topological polar surface area (TPSA) is 16.4 Å². The molecule has 63 heavy (non-hydrogen) atoms. The molecule has 0 N–H and O–H groups in total. The van der Waals surface area contributed by atoms with Crippen LogP contribution >= 0.6 is 0 Å². The minimum atomic E-state index is -0.507. The van der Waals surface area contributed by atoms with Gasteiger partial charge in [-0.2, -0.15) is 0 Å². The third-order valence-electron chi connectivity index (χ3n) is 13.0. The van der Waals surface area contributed by atoms with Crippen molar-refractivity contribution in [2.45, 2.75) is 5.41 Å². The van der Waals surface area contributed by atoms with E-state index in [2.05, 4.69) is 254 Å². The summed E-state index contributed by atoms with van der Waals surface area (Å²) in [4.78, 5) is 2.37. The van der Waals surface area contributed by atoms with Gasteiger partial charge < -0.3 is 9.32 Å². The van der Waals surface area contributed by atoms with E-state index in [9.17, 15) is 0 Å². The van der Waals surface area contributed by atoms with E-state index in [4.69, 9.17) is 4.42 Å². The molecule has 1 aliphatic carbocycles. The van der Waals surface area contributed by atoms with Gasteiger partial charge in [-0.3, -0.25) is 0 Å². The predicted octanol–water partition coefficient (Wildman–Crippen LogP) is 16.4. The maximum absolute atomic E-state index is 6.93. The molecule has 2 nitrogen and oxygen atoms in total. The van der Waals surface area contributed by atoms with Gasteiger partial charge in [0.15, 0.2) is 0 Å². The Hall–Kier alpha value is -8.20. The Bertz CT molecular complexity index is 3400. The van der Waals surface area contributed by atoms with E-state index >= 15 is 0 Å². The van der Waals surface area contributed by atoms with Gasteiger partial charge in [0.1, 0.15) is 11.2 Å². The summed E-state index contributed by atoms with van der Waals surface area (Å²) in [5, 5.41) is 2.21. The van der Waals surface area contributed by atoms with Crippen LogP contribution in [0.3, 0.4) is 0 Å². The highest BCUT2D eigenvalue weighted by molar-refractivity contribution is 6.14. The fraction of sp³-hybridized carbons (Fsp3) is 0.0164. The lowest BCUT2D eigenvalue weighted by Gasteiger charge is -2.33. The average molecular weight is 804 g/mol. The molecule has 0 saturated heterocycles. The van der Waals surface area contributed by atoms with Crippen LogP contribution in [0.4, 0.5) is 17.1 Å². The molecule has 0 fully saturated rings. The van der Waals surface area contributed by atoms with Crippen molar-refractivity contribution in [3.8, 4) is 44.5 Å². The van der Waals surface area contributed by atoms with E-state index < -0.39 is 5.41 Å². The van der Waals surface area contributed by atoms with Gasteiger partial charge in [0, 0.05) is 27.7 Å². The number of hydrogen-bond donors (Lipinski definition) is 0. The monoisotopic (exact) mass is 803 g/mol. The second-order valence-corrected chi connectivity index (χ2v) is 16.3. The van der Waals surface area contributed by atoms with Crippen molar-refractivity contribution in [1.82, 2.24) is 0 Å². The van der Waals surface area contributed by atoms with E-state index in [1.807, 2.05) is 0 Å². The number of fused-ring (bicyclic) bond motifs is 6. The van der Waals surface area contributed by atoms with E-state index in [1.165, 1.54) is 44.5 Å². The summed E-state index contributed by atoms with van der Waals surface area (Å²) in [5.41, 5.74) is 19.0. The normalized spacial score (nSPS) is 12.6. The largest absolute Gasteiger partial charge is 0.456 e.